The molecule has 0 saturated heterocycles. The Morgan fingerprint density at radius 2 is 2.13 bits per heavy atom. The van der Waals surface area contributed by atoms with E-state index >= 15 is 0 Å². The maximum atomic E-state index is 12.4. The minimum Gasteiger partial charge on any atom is -0.281 e. The first-order valence-corrected chi connectivity index (χ1v) is 9.48. The number of aromatic nitrogens is 6. The Labute approximate surface area is 136 Å². The molecule has 0 atom stereocenters. The van der Waals surface area contributed by atoms with Gasteiger partial charge in [-0.1, -0.05) is 11.3 Å². The predicted molar refractivity (Wildman–Crippen MR) is 82.7 cm³/mol. The zero-order valence-electron chi connectivity index (χ0n) is 12.6. The fraction of sp³-hybridized carbons (Fsp3) is 0.500. The van der Waals surface area contributed by atoms with E-state index in [4.69, 9.17) is 0 Å². The van der Waals surface area contributed by atoms with E-state index in [1.54, 1.807) is 18.4 Å². The first-order chi connectivity index (χ1) is 11.0. The Bertz CT molecular complexity index is 961. The summed E-state index contributed by atoms with van der Waals surface area (Å²) in [5.74, 6) is 1.31. The highest BCUT2D eigenvalue weighted by Gasteiger charge is 2.30. The summed E-state index contributed by atoms with van der Waals surface area (Å²) in [5, 5.41) is 19.9. The number of fused-ring (bicyclic) bond motifs is 1. The van der Waals surface area contributed by atoms with Crippen LogP contribution in [0.5, 0.6) is 0 Å². The van der Waals surface area contributed by atoms with Crippen LogP contribution in [-0.4, -0.2) is 38.4 Å². The lowest BCUT2D eigenvalue weighted by Crippen LogP contribution is -2.24. The van der Waals surface area contributed by atoms with Crippen molar-refractivity contribution in [2.24, 2.45) is 0 Å². The van der Waals surface area contributed by atoms with Gasteiger partial charge in [-0.2, -0.15) is 14.7 Å². The van der Waals surface area contributed by atoms with Crippen molar-refractivity contribution in [3.8, 4) is 0 Å². The number of hydrogen-bond acceptors (Lipinski definition) is 7. The van der Waals surface area contributed by atoms with Crippen LogP contribution >= 0.6 is 11.3 Å². The van der Waals surface area contributed by atoms with Gasteiger partial charge in [0, 0.05) is 5.92 Å². The molecule has 3 aromatic rings. The van der Waals surface area contributed by atoms with Gasteiger partial charge in [-0.15, -0.1) is 10.2 Å². The summed E-state index contributed by atoms with van der Waals surface area (Å²) < 4.78 is 29.1. The van der Waals surface area contributed by atoms with Crippen LogP contribution in [0.3, 0.4) is 0 Å². The third-order valence-corrected chi connectivity index (χ3v) is 6.30. The van der Waals surface area contributed by atoms with Gasteiger partial charge in [-0.3, -0.25) is 5.10 Å². The zero-order valence-corrected chi connectivity index (χ0v) is 14.2. The Morgan fingerprint density at radius 3 is 2.78 bits per heavy atom. The third kappa shape index (κ3) is 2.54. The van der Waals surface area contributed by atoms with Crippen LogP contribution in [0.1, 0.15) is 41.0 Å². The summed E-state index contributed by atoms with van der Waals surface area (Å²) in [4.78, 5) is 0.885. The second-order valence-electron chi connectivity index (χ2n) is 5.61. The van der Waals surface area contributed by atoms with Crippen LogP contribution in [0.25, 0.3) is 4.96 Å². The van der Waals surface area contributed by atoms with Crippen molar-refractivity contribution in [3.63, 3.8) is 0 Å². The fourth-order valence-corrected chi connectivity index (χ4v) is 4.73. The third-order valence-electron chi connectivity index (χ3n) is 3.74. The van der Waals surface area contributed by atoms with Gasteiger partial charge in [-0.05, 0) is 26.7 Å². The number of rotatable bonds is 5. The topological polar surface area (TPSA) is 118 Å². The van der Waals surface area contributed by atoms with E-state index in [1.807, 2.05) is 0 Å². The molecule has 23 heavy (non-hydrogen) atoms. The fourth-order valence-electron chi connectivity index (χ4n) is 2.50. The molecule has 2 N–H and O–H groups in total. The van der Waals surface area contributed by atoms with Gasteiger partial charge in [0.05, 0.1) is 17.9 Å². The second-order valence-corrected chi connectivity index (χ2v) is 8.35. The quantitative estimate of drug-likeness (QED) is 0.703. The van der Waals surface area contributed by atoms with Gasteiger partial charge >= 0.3 is 0 Å². The van der Waals surface area contributed by atoms with Crippen LogP contribution in [-0.2, 0) is 16.6 Å². The number of hydrogen-bond donors (Lipinski definition) is 2. The van der Waals surface area contributed by atoms with Crippen LogP contribution in [0.4, 0.5) is 0 Å². The molecular weight excluding hydrogens is 338 g/mol. The summed E-state index contributed by atoms with van der Waals surface area (Å²) in [6.45, 7) is 3.45. The number of H-pyrrole nitrogens is 1. The molecule has 1 aliphatic rings. The largest absolute Gasteiger partial charge is 0.281 e. The maximum absolute atomic E-state index is 12.4. The SMILES string of the molecule is Cc1n[nH]c(C)c1S(=O)(=O)NCc1nn2c(C3CC3)nnc2s1. The van der Waals surface area contributed by atoms with Gasteiger partial charge in [0.15, 0.2) is 5.82 Å². The summed E-state index contributed by atoms with van der Waals surface area (Å²) in [6.07, 6.45) is 2.22. The van der Waals surface area contributed by atoms with Gasteiger partial charge in [-0.25, -0.2) is 13.1 Å². The van der Waals surface area contributed by atoms with E-state index in [9.17, 15) is 8.42 Å². The lowest BCUT2D eigenvalue weighted by molar-refractivity contribution is 0.579. The summed E-state index contributed by atoms with van der Waals surface area (Å²) in [7, 11) is -3.63. The van der Waals surface area contributed by atoms with Crippen LogP contribution in [0.2, 0.25) is 0 Å². The molecule has 3 aromatic heterocycles. The minimum absolute atomic E-state index is 0.116. The molecule has 11 heteroatoms. The highest BCUT2D eigenvalue weighted by molar-refractivity contribution is 7.89. The van der Waals surface area contributed by atoms with Crippen molar-refractivity contribution in [2.75, 3.05) is 0 Å². The molecule has 0 aliphatic heterocycles. The van der Waals surface area contributed by atoms with E-state index in [-0.39, 0.29) is 11.4 Å². The van der Waals surface area contributed by atoms with Gasteiger partial charge in [0.1, 0.15) is 9.90 Å². The molecule has 0 spiro atoms. The lowest BCUT2D eigenvalue weighted by Gasteiger charge is -2.04. The molecule has 4 rings (SSSR count). The average molecular weight is 353 g/mol. The smallest absolute Gasteiger partial charge is 0.244 e. The summed E-state index contributed by atoms with van der Waals surface area (Å²) in [6, 6.07) is 0. The van der Waals surface area contributed by atoms with Crippen molar-refractivity contribution in [1.29, 1.82) is 0 Å². The van der Waals surface area contributed by atoms with E-state index < -0.39 is 10.0 Å². The molecule has 0 unspecified atom stereocenters. The van der Waals surface area contributed by atoms with Gasteiger partial charge in [0.25, 0.3) is 0 Å². The molecule has 122 valence electrons. The Hall–Kier alpha value is -1.85. The van der Waals surface area contributed by atoms with Crippen LogP contribution in [0.15, 0.2) is 4.90 Å². The van der Waals surface area contributed by atoms with E-state index in [2.05, 4.69) is 30.2 Å². The van der Waals surface area contributed by atoms with Crippen molar-refractivity contribution in [2.45, 2.75) is 44.0 Å². The van der Waals surface area contributed by atoms with Crippen molar-refractivity contribution in [3.05, 3.63) is 22.2 Å². The van der Waals surface area contributed by atoms with E-state index in [0.717, 1.165) is 18.7 Å². The van der Waals surface area contributed by atoms with Gasteiger partial charge < -0.3 is 0 Å². The highest BCUT2D eigenvalue weighted by atomic mass is 32.2. The highest BCUT2D eigenvalue weighted by Crippen LogP contribution is 2.39. The molecule has 0 radical (unpaired) electrons. The summed E-state index contributed by atoms with van der Waals surface area (Å²) >= 11 is 1.34. The standard InChI is InChI=1S/C12H15N7O2S2/c1-6-10(7(2)15-14-6)23(20,21)13-5-9-18-19-11(8-3-4-8)16-17-12(19)22-9/h8,13H,3-5H2,1-2H3,(H,14,15). The minimum atomic E-state index is -3.63. The number of aromatic amines is 1. The Kier molecular flexibility index (Phi) is 3.25. The van der Waals surface area contributed by atoms with E-state index in [0.29, 0.717) is 27.3 Å². The predicted octanol–water partition coefficient (Wildman–Crippen LogP) is 0.882. The van der Waals surface area contributed by atoms with Crippen molar-refractivity contribution < 1.29 is 8.42 Å². The molecule has 3 heterocycles. The van der Waals surface area contributed by atoms with E-state index in [1.165, 1.54) is 11.3 Å². The monoisotopic (exact) mass is 353 g/mol. The molecule has 1 saturated carbocycles. The molecule has 1 aliphatic carbocycles. The first-order valence-electron chi connectivity index (χ1n) is 7.18. The molecular formula is C12H15N7O2S2. The van der Waals surface area contributed by atoms with Crippen LogP contribution < -0.4 is 4.72 Å². The van der Waals surface area contributed by atoms with Gasteiger partial charge in [0.2, 0.25) is 15.0 Å². The Morgan fingerprint density at radius 1 is 1.35 bits per heavy atom. The van der Waals surface area contributed by atoms with Crippen molar-refractivity contribution >= 4 is 26.3 Å². The van der Waals surface area contributed by atoms with Crippen LogP contribution in [0, 0.1) is 13.8 Å². The first kappa shape index (κ1) is 14.7. The normalized spacial score (nSPS) is 15.6. The Balaban J connectivity index is 1.57. The number of nitrogens with zero attached hydrogens (tertiary/aromatic N) is 5. The average Bonchev–Trinajstić information content (AvgIpc) is 2.98. The molecule has 0 aromatic carbocycles. The molecule has 9 nitrogen and oxygen atoms in total. The number of nitrogens with one attached hydrogen (secondary N) is 2. The maximum Gasteiger partial charge on any atom is 0.244 e. The van der Waals surface area contributed by atoms with Crippen molar-refractivity contribution in [1.82, 2.24) is 34.7 Å². The number of sulfonamides is 1. The zero-order chi connectivity index (χ0) is 16.2. The summed E-state index contributed by atoms with van der Waals surface area (Å²) in [5.41, 5.74) is 0.966. The second kappa shape index (κ2) is 5.08. The molecule has 0 amide bonds. The molecule has 0 bridgehead atoms. The number of aryl methyl sites for hydroxylation is 2. The lowest BCUT2D eigenvalue weighted by atomic mass is 10.4. The molecule has 1 fully saturated rings.